The monoisotopic (exact) mass is 335 g/mol. The Morgan fingerprint density at radius 2 is 1.88 bits per heavy atom. The molecule has 1 aromatic carbocycles. The molecule has 0 bridgehead atoms. The van der Waals surface area contributed by atoms with Crippen LogP contribution in [0.1, 0.15) is 34.5 Å². The summed E-state index contributed by atoms with van der Waals surface area (Å²) < 4.78 is 1.96. The second kappa shape index (κ2) is 7.75. The number of ketones is 1. The number of hydrogen-bond donors (Lipinski definition) is 1. The van der Waals surface area contributed by atoms with E-state index in [0.717, 1.165) is 16.9 Å². The first-order chi connectivity index (χ1) is 12.1. The topological polar surface area (TPSA) is 63.5 Å². The maximum Gasteiger partial charge on any atom is 0.220 e. The van der Waals surface area contributed by atoms with Gasteiger partial charge < -0.3 is 9.72 Å². The van der Waals surface area contributed by atoms with Crippen molar-refractivity contribution in [3.63, 3.8) is 0 Å². The minimum absolute atomic E-state index is 0.00417. The molecule has 5 nitrogen and oxygen atoms in total. The van der Waals surface area contributed by atoms with Crippen molar-refractivity contribution < 1.29 is 9.59 Å². The van der Waals surface area contributed by atoms with Gasteiger partial charge in [0.25, 0.3) is 0 Å². The molecule has 1 N–H and O–H groups in total. The molecule has 0 unspecified atom stereocenters. The van der Waals surface area contributed by atoms with Crippen molar-refractivity contribution in [3.8, 4) is 0 Å². The molecule has 0 aliphatic rings. The Balaban J connectivity index is 1.42. The van der Waals surface area contributed by atoms with Crippen molar-refractivity contribution in [2.45, 2.75) is 26.2 Å². The predicted molar refractivity (Wildman–Crippen MR) is 96.6 cm³/mol. The van der Waals surface area contributed by atoms with Crippen LogP contribution in [0, 0.1) is 6.92 Å². The van der Waals surface area contributed by atoms with E-state index in [0.29, 0.717) is 18.5 Å². The summed E-state index contributed by atoms with van der Waals surface area (Å²) in [5, 5.41) is 2.85. The fourth-order valence-electron chi connectivity index (χ4n) is 2.64. The molecular formula is C20H21N3O2. The summed E-state index contributed by atoms with van der Waals surface area (Å²) in [6.07, 6.45) is 5.00. The van der Waals surface area contributed by atoms with E-state index in [1.165, 1.54) is 0 Å². The zero-order chi connectivity index (χ0) is 17.6. The van der Waals surface area contributed by atoms with Gasteiger partial charge in [-0.2, -0.15) is 0 Å². The molecule has 25 heavy (non-hydrogen) atoms. The zero-order valence-corrected chi connectivity index (χ0v) is 14.2. The van der Waals surface area contributed by atoms with Gasteiger partial charge >= 0.3 is 0 Å². The first-order valence-corrected chi connectivity index (χ1v) is 8.41. The maximum absolute atomic E-state index is 12.1. The lowest BCUT2D eigenvalue weighted by molar-refractivity contribution is -0.121. The molecule has 3 rings (SSSR count). The Kier molecular flexibility index (Phi) is 5.23. The number of imidazole rings is 1. The highest BCUT2D eigenvalue weighted by atomic mass is 16.2. The second-order valence-electron chi connectivity index (χ2n) is 6.09. The number of amides is 1. The van der Waals surface area contributed by atoms with Crippen LogP contribution in [0.5, 0.6) is 0 Å². The van der Waals surface area contributed by atoms with E-state index >= 15 is 0 Å². The molecule has 1 amide bonds. The van der Waals surface area contributed by atoms with Gasteiger partial charge in [0.2, 0.25) is 5.91 Å². The van der Waals surface area contributed by atoms with Gasteiger partial charge in [-0.25, -0.2) is 4.98 Å². The van der Waals surface area contributed by atoms with Crippen molar-refractivity contribution in [2.75, 3.05) is 6.54 Å². The molecule has 3 aromatic rings. The van der Waals surface area contributed by atoms with Crippen LogP contribution in [0.25, 0.3) is 5.65 Å². The number of aromatic nitrogens is 2. The molecule has 0 radical (unpaired) electrons. The minimum atomic E-state index is -0.107. The SMILES string of the molecule is Cc1ccc(C(=O)CCC(=O)NCCc2cn3ccccc3n2)cc1. The van der Waals surface area contributed by atoms with Crippen LogP contribution in [0.3, 0.4) is 0 Å². The third kappa shape index (κ3) is 4.53. The van der Waals surface area contributed by atoms with Crippen molar-refractivity contribution in [1.29, 1.82) is 0 Å². The smallest absolute Gasteiger partial charge is 0.220 e. The Labute approximate surface area is 146 Å². The summed E-state index contributed by atoms with van der Waals surface area (Å²) in [6, 6.07) is 13.3. The molecule has 0 saturated heterocycles. The van der Waals surface area contributed by atoms with E-state index in [1.54, 1.807) is 12.1 Å². The van der Waals surface area contributed by atoms with Gasteiger partial charge in [0.05, 0.1) is 5.69 Å². The molecule has 0 atom stereocenters. The van der Waals surface area contributed by atoms with E-state index in [2.05, 4.69) is 10.3 Å². The summed E-state index contributed by atoms with van der Waals surface area (Å²) in [6.45, 7) is 2.49. The van der Waals surface area contributed by atoms with E-state index in [4.69, 9.17) is 0 Å². The van der Waals surface area contributed by atoms with Gasteiger partial charge in [-0.3, -0.25) is 9.59 Å². The number of Topliss-reactive ketones (excluding diaryl/α,β-unsaturated/α-hetero) is 1. The first-order valence-electron chi connectivity index (χ1n) is 8.41. The molecule has 0 fully saturated rings. The third-order valence-electron chi connectivity index (χ3n) is 4.07. The molecule has 5 heteroatoms. The van der Waals surface area contributed by atoms with Gasteiger partial charge in [0.1, 0.15) is 5.65 Å². The van der Waals surface area contributed by atoms with E-state index in [1.807, 2.05) is 54.0 Å². The number of benzene rings is 1. The number of fused-ring (bicyclic) bond motifs is 1. The molecule has 0 aliphatic carbocycles. The Hall–Kier alpha value is -2.95. The number of nitrogens with zero attached hydrogens (tertiary/aromatic N) is 2. The highest BCUT2D eigenvalue weighted by Crippen LogP contribution is 2.08. The fraction of sp³-hybridized carbons (Fsp3) is 0.250. The number of pyridine rings is 1. The Bertz CT molecular complexity index is 848. The van der Waals surface area contributed by atoms with E-state index in [9.17, 15) is 9.59 Å². The van der Waals surface area contributed by atoms with Crippen LogP contribution in [0.4, 0.5) is 0 Å². The number of rotatable bonds is 7. The van der Waals surface area contributed by atoms with Crippen molar-refractivity contribution >= 4 is 17.3 Å². The van der Waals surface area contributed by atoms with Crippen LogP contribution in [-0.4, -0.2) is 27.6 Å². The summed E-state index contributed by atoms with van der Waals surface area (Å²) in [5.41, 5.74) is 3.60. The maximum atomic E-state index is 12.1. The lowest BCUT2D eigenvalue weighted by Gasteiger charge is -2.04. The normalized spacial score (nSPS) is 10.8. The molecule has 0 saturated carbocycles. The quantitative estimate of drug-likeness (QED) is 0.675. The van der Waals surface area contributed by atoms with Gasteiger partial charge in [-0.15, -0.1) is 0 Å². The van der Waals surface area contributed by atoms with E-state index < -0.39 is 0 Å². The summed E-state index contributed by atoms with van der Waals surface area (Å²) in [4.78, 5) is 28.5. The minimum Gasteiger partial charge on any atom is -0.356 e. The second-order valence-corrected chi connectivity index (χ2v) is 6.09. The lowest BCUT2D eigenvalue weighted by atomic mass is 10.1. The summed E-state index contributed by atoms with van der Waals surface area (Å²) in [7, 11) is 0. The Morgan fingerprint density at radius 1 is 1.08 bits per heavy atom. The summed E-state index contributed by atoms with van der Waals surface area (Å²) in [5.74, 6) is -0.111. The third-order valence-corrected chi connectivity index (χ3v) is 4.07. The number of nitrogens with one attached hydrogen (secondary N) is 1. The molecule has 0 aliphatic heterocycles. The molecule has 2 heterocycles. The van der Waals surface area contributed by atoms with Gasteiger partial charge in [0, 0.05) is 43.8 Å². The molecule has 0 spiro atoms. The average molecular weight is 335 g/mol. The van der Waals surface area contributed by atoms with Crippen molar-refractivity contribution in [2.24, 2.45) is 0 Å². The molecular weight excluding hydrogens is 314 g/mol. The van der Waals surface area contributed by atoms with E-state index in [-0.39, 0.29) is 24.5 Å². The van der Waals surface area contributed by atoms with Crippen LogP contribution in [0.2, 0.25) is 0 Å². The van der Waals surface area contributed by atoms with Crippen LogP contribution < -0.4 is 5.32 Å². The van der Waals surface area contributed by atoms with Gasteiger partial charge in [-0.05, 0) is 19.1 Å². The number of aryl methyl sites for hydroxylation is 1. The first kappa shape index (κ1) is 16.9. The van der Waals surface area contributed by atoms with Gasteiger partial charge in [-0.1, -0.05) is 35.9 Å². The fourth-order valence-corrected chi connectivity index (χ4v) is 2.64. The summed E-state index contributed by atoms with van der Waals surface area (Å²) >= 11 is 0. The van der Waals surface area contributed by atoms with Crippen molar-refractivity contribution in [3.05, 3.63) is 71.7 Å². The molecule has 2 aromatic heterocycles. The Morgan fingerprint density at radius 3 is 2.64 bits per heavy atom. The number of carbonyl (C=O) groups is 2. The van der Waals surface area contributed by atoms with Crippen LogP contribution in [-0.2, 0) is 11.2 Å². The van der Waals surface area contributed by atoms with Crippen molar-refractivity contribution in [1.82, 2.24) is 14.7 Å². The molecule has 128 valence electrons. The highest BCUT2D eigenvalue weighted by Gasteiger charge is 2.09. The predicted octanol–water partition coefficient (Wildman–Crippen LogP) is 2.96. The standard InChI is InChI=1S/C20H21N3O2/c1-15-5-7-16(8-6-15)18(24)9-10-20(25)21-12-11-17-14-23-13-3-2-4-19(23)22-17/h2-8,13-14H,9-12H2,1H3,(H,21,25). The number of hydrogen-bond acceptors (Lipinski definition) is 3. The van der Waals surface area contributed by atoms with Gasteiger partial charge in [0.15, 0.2) is 5.78 Å². The highest BCUT2D eigenvalue weighted by molar-refractivity contribution is 5.97. The largest absolute Gasteiger partial charge is 0.356 e. The zero-order valence-electron chi connectivity index (χ0n) is 14.2. The lowest BCUT2D eigenvalue weighted by Crippen LogP contribution is -2.26. The van der Waals surface area contributed by atoms with Crippen LogP contribution in [0.15, 0.2) is 54.9 Å². The average Bonchev–Trinajstić information content (AvgIpc) is 3.03. The number of carbonyl (C=O) groups excluding carboxylic acids is 2. The van der Waals surface area contributed by atoms with Crippen LogP contribution >= 0.6 is 0 Å².